The van der Waals surface area contributed by atoms with Gasteiger partial charge in [-0.25, -0.2) is 8.42 Å². The van der Waals surface area contributed by atoms with Gasteiger partial charge in [-0.2, -0.15) is 11.8 Å². The molecule has 0 radical (unpaired) electrons. The van der Waals surface area contributed by atoms with E-state index in [1.165, 1.54) is 38.2 Å². The predicted molar refractivity (Wildman–Crippen MR) is 120 cm³/mol. The minimum atomic E-state index is -3.77. The van der Waals surface area contributed by atoms with E-state index in [-0.39, 0.29) is 10.8 Å². The molecule has 1 aliphatic carbocycles. The molecule has 1 amide bonds. The minimum absolute atomic E-state index is 0.116. The molecule has 0 heterocycles. The van der Waals surface area contributed by atoms with Crippen LogP contribution in [0.4, 0.5) is 5.69 Å². The fraction of sp³-hybridized carbons (Fsp3) is 0.409. The summed E-state index contributed by atoms with van der Waals surface area (Å²) in [4.78, 5) is 12.6. The van der Waals surface area contributed by atoms with Crippen LogP contribution < -0.4 is 10.0 Å². The van der Waals surface area contributed by atoms with Crippen LogP contribution in [-0.2, 0) is 10.0 Å². The summed E-state index contributed by atoms with van der Waals surface area (Å²) < 4.78 is 28.1. The number of anilines is 1. The molecule has 3 rings (SSSR count). The number of carbonyl (C=O) groups is 1. The molecule has 156 valence electrons. The normalized spacial score (nSPS) is 15.1. The van der Waals surface area contributed by atoms with E-state index < -0.39 is 10.0 Å². The summed E-state index contributed by atoms with van der Waals surface area (Å²) in [6, 6.07) is 13.5. The fourth-order valence-electron chi connectivity index (χ4n) is 3.47. The molecule has 0 aliphatic heterocycles. The number of hydrogen-bond donors (Lipinski definition) is 2. The lowest BCUT2D eigenvalue weighted by Crippen LogP contribution is -2.27. The van der Waals surface area contributed by atoms with E-state index >= 15 is 0 Å². The van der Waals surface area contributed by atoms with Crippen LogP contribution in [0.3, 0.4) is 0 Å². The summed E-state index contributed by atoms with van der Waals surface area (Å²) >= 11 is 1.93. The number of rotatable bonds is 8. The molecule has 1 aliphatic rings. The molecule has 2 N–H and O–H groups in total. The Hall–Kier alpha value is -1.99. The SMILES string of the molecule is Cc1ccc(C(=O)NCCSC2CCCCC2)cc1S(=O)(=O)Nc1ccccc1. The van der Waals surface area contributed by atoms with Gasteiger partial charge in [-0.3, -0.25) is 9.52 Å². The second kappa shape index (κ2) is 10.2. The van der Waals surface area contributed by atoms with Crippen molar-refractivity contribution in [2.45, 2.75) is 49.2 Å². The third-order valence-electron chi connectivity index (χ3n) is 5.06. The molecule has 5 nitrogen and oxygen atoms in total. The van der Waals surface area contributed by atoms with E-state index in [2.05, 4.69) is 10.0 Å². The van der Waals surface area contributed by atoms with E-state index in [4.69, 9.17) is 0 Å². The van der Waals surface area contributed by atoms with Crippen LogP contribution in [0, 0.1) is 6.92 Å². The molecule has 1 fully saturated rings. The highest BCUT2D eigenvalue weighted by Crippen LogP contribution is 2.27. The largest absolute Gasteiger partial charge is 0.351 e. The van der Waals surface area contributed by atoms with Gasteiger partial charge in [0.15, 0.2) is 0 Å². The first-order valence-corrected chi connectivity index (χ1v) is 12.6. The number of thioether (sulfide) groups is 1. The number of hydrogen-bond acceptors (Lipinski definition) is 4. The number of benzene rings is 2. The van der Waals surface area contributed by atoms with Gasteiger partial charge in [-0.05, 0) is 49.6 Å². The highest BCUT2D eigenvalue weighted by molar-refractivity contribution is 7.99. The Morgan fingerprint density at radius 1 is 1.07 bits per heavy atom. The van der Waals surface area contributed by atoms with E-state index in [0.29, 0.717) is 28.6 Å². The third-order valence-corrected chi connectivity index (χ3v) is 7.97. The van der Waals surface area contributed by atoms with Gasteiger partial charge in [0.05, 0.1) is 4.90 Å². The molecule has 0 spiro atoms. The Morgan fingerprint density at radius 3 is 2.52 bits per heavy atom. The van der Waals surface area contributed by atoms with Crippen molar-refractivity contribution in [3.05, 3.63) is 59.7 Å². The van der Waals surface area contributed by atoms with Crippen molar-refractivity contribution in [2.24, 2.45) is 0 Å². The molecule has 0 bridgehead atoms. The third kappa shape index (κ3) is 6.24. The van der Waals surface area contributed by atoms with Gasteiger partial charge in [0.25, 0.3) is 15.9 Å². The average Bonchev–Trinajstić information content (AvgIpc) is 2.72. The molecule has 1 saturated carbocycles. The van der Waals surface area contributed by atoms with Crippen LogP contribution in [0.2, 0.25) is 0 Å². The first-order valence-electron chi connectivity index (χ1n) is 10.0. The molecule has 0 unspecified atom stereocenters. The van der Waals surface area contributed by atoms with Crippen molar-refractivity contribution >= 4 is 33.4 Å². The van der Waals surface area contributed by atoms with Gasteiger partial charge in [0.2, 0.25) is 0 Å². The molecule has 0 aromatic heterocycles. The van der Waals surface area contributed by atoms with Crippen LogP contribution in [0.1, 0.15) is 48.0 Å². The van der Waals surface area contributed by atoms with Crippen LogP contribution >= 0.6 is 11.8 Å². The Labute approximate surface area is 177 Å². The Bertz CT molecular complexity index is 924. The first-order chi connectivity index (χ1) is 14.0. The van der Waals surface area contributed by atoms with Gasteiger partial charge >= 0.3 is 0 Å². The summed E-state index contributed by atoms with van der Waals surface area (Å²) in [6.07, 6.45) is 6.49. The quantitative estimate of drug-likeness (QED) is 0.598. The predicted octanol–water partition coefficient (Wildman–Crippen LogP) is 4.59. The van der Waals surface area contributed by atoms with Crippen LogP contribution in [0.25, 0.3) is 0 Å². The van der Waals surface area contributed by atoms with E-state index in [0.717, 1.165) is 5.75 Å². The zero-order chi connectivity index (χ0) is 20.7. The van der Waals surface area contributed by atoms with E-state index in [9.17, 15) is 13.2 Å². The Morgan fingerprint density at radius 2 is 1.79 bits per heavy atom. The second-order valence-electron chi connectivity index (χ2n) is 7.34. The first kappa shape index (κ1) is 21.7. The van der Waals surface area contributed by atoms with Gasteiger partial charge < -0.3 is 5.32 Å². The number of nitrogens with one attached hydrogen (secondary N) is 2. The zero-order valence-electron chi connectivity index (χ0n) is 16.7. The number of aryl methyl sites for hydroxylation is 1. The van der Waals surface area contributed by atoms with Gasteiger partial charge in [-0.1, -0.05) is 43.5 Å². The molecule has 0 atom stereocenters. The standard InChI is InChI=1S/C22H28N2O3S2/c1-17-12-13-18(22(25)23-14-15-28-20-10-6-3-7-11-20)16-21(17)29(26,27)24-19-8-4-2-5-9-19/h2,4-5,8-9,12-13,16,20,24H,3,6-7,10-11,14-15H2,1H3,(H,23,25). The number of carbonyl (C=O) groups excluding carboxylic acids is 1. The lowest BCUT2D eigenvalue weighted by Gasteiger charge is -2.20. The Balaban J connectivity index is 1.60. The molecule has 2 aromatic rings. The highest BCUT2D eigenvalue weighted by atomic mass is 32.2. The zero-order valence-corrected chi connectivity index (χ0v) is 18.3. The lowest BCUT2D eigenvalue weighted by molar-refractivity contribution is 0.0956. The Kier molecular flexibility index (Phi) is 7.61. The van der Waals surface area contributed by atoms with E-state index in [1.54, 1.807) is 43.3 Å². The highest BCUT2D eigenvalue weighted by Gasteiger charge is 2.19. The topological polar surface area (TPSA) is 75.3 Å². The molecular weight excluding hydrogens is 404 g/mol. The van der Waals surface area contributed by atoms with Crippen molar-refractivity contribution < 1.29 is 13.2 Å². The molecule has 7 heteroatoms. The molecule has 0 saturated heterocycles. The average molecular weight is 433 g/mol. The van der Waals surface area contributed by atoms with Crippen LogP contribution in [0.5, 0.6) is 0 Å². The molecule has 29 heavy (non-hydrogen) atoms. The van der Waals surface area contributed by atoms with Gasteiger partial charge in [0, 0.05) is 28.8 Å². The number of amides is 1. The summed E-state index contributed by atoms with van der Waals surface area (Å²) in [5.74, 6) is 0.633. The fourth-order valence-corrected chi connectivity index (χ4v) is 6.02. The van der Waals surface area contributed by atoms with Gasteiger partial charge in [0.1, 0.15) is 0 Å². The summed E-state index contributed by atoms with van der Waals surface area (Å²) in [6.45, 7) is 2.31. The van der Waals surface area contributed by atoms with E-state index in [1.807, 2.05) is 17.8 Å². The van der Waals surface area contributed by atoms with Crippen molar-refractivity contribution in [3.8, 4) is 0 Å². The molecule has 2 aromatic carbocycles. The van der Waals surface area contributed by atoms with Crippen molar-refractivity contribution in [3.63, 3.8) is 0 Å². The summed E-state index contributed by atoms with van der Waals surface area (Å²) in [5.41, 5.74) is 1.44. The molecular formula is C22H28N2O3S2. The number of para-hydroxylation sites is 1. The van der Waals surface area contributed by atoms with Crippen LogP contribution in [-0.4, -0.2) is 31.9 Å². The van der Waals surface area contributed by atoms with Crippen molar-refractivity contribution in [2.75, 3.05) is 17.0 Å². The second-order valence-corrected chi connectivity index (χ2v) is 10.4. The maximum absolute atomic E-state index is 12.8. The smallest absolute Gasteiger partial charge is 0.262 e. The maximum atomic E-state index is 12.8. The maximum Gasteiger partial charge on any atom is 0.262 e. The summed E-state index contributed by atoms with van der Waals surface area (Å²) in [5, 5.41) is 3.62. The van der Waals surface area contributed by atoms with Crippen LogP contribution in [0.15, 0.2) is 53.4 Å². The lowest BCUT2D eigenvalue weighted by atomic mass is 10.0. The summed E-state index contributed by atoms with van der Waals surface area (Å²) in [7, 11) is -3.77. The number of sulfonamides is 1. The van der Waals surface area contributed by atoms with Gasteiger partial charge in [-0.15, -0.1) is 0 Å². The minimum Gasteiger partial charge on any atom is -0.351 e. The monoisotopic (exact) mass is 432 g/mol. The van der Waals surface area contributed by atoms with Crippen molar-refractivity contribution in [1.29, 1.82) is 0 Å². The van der Waals surface area contributed by atoms with Crippen molar-refractivity contribution in [1.82, 2.24) is 5.32 Å².